The van der Waals surface area contributed by atoms with E-state index in [1.807, 2.05) is 0 Å². The summed E-state index contributed by atoms with van der Waals surface area (Å²) in [6.45, 7) is 1.77. The maximum Gasteiger partial charge on any atom is 0.296 e. The highest BCUT2D eigenvalue weighted by atomic mass is 32.2. The fourth-order valence-corrected chi connectivity index (χ4v) is 1.67. The average molecular weight is 187 g/mol. The van der Waals surface area contributed by atoms with Crippen LogP contribution in [0.25, 0.3) is 0 Å². The van der Waals surface area contributed by atoms with Gasteiger partial charge in [-0.3, -0.25) is 9.54 Å². The third-order valence-electron chi connectivity index (χ3n) is 1.46. The first kappa shape index (κ1) is 9.15. The molecule has 0 bridgehead atoms. The van der Waals surface area contributed by atoms with Gasteiger partial charge in [0.1, 0.15) is 4.90 Å². The van der Waals surface area contributed by atoms with Gasteiger partial charge in [0, 0.05) is 6.20 Å². The molecule has 0 aliphatic carbocycles. The Morgan fingerprint density at radius 3 is 2.67 bits per heavy atom. The maximum atomic E-state index is 10.7. The van der Waals surface area contributed by atoms with Gasteiger partial charge >= 0.3 is 0 Å². The Balaban J connectivity index is 3.33. The highest BCUT2D eigenvalue weighted by Gasteiger charge is 2.13. The van der Waals surface area contributed by atoms with E-state index in [1.54, 1.807) is 6.92 Å². The predicted molar refractivity (Wildman–Crippen MR) is 43.4 cm³/mol. The van der Waals surface area contributed by atoms with Crippen molar-refractivity contribution in [2.75, 3.05) is 0 Å². The molecular weight excluding hydrogens is 178 g/mol. The van der Waals surface area contributed by atoms with Gasteiger partial charge in [-0.15, -0.1) is 0 Å². The SMILES string of the molecule is CCc1ncccc1S(=O)(=O)O. The Morgan fingerprint density at radius 2 is 2.25 bits per heavy atom. The van der Waals surface area contributed by atoms with Crippen LogP contribution in [-0.2, 0) is 16.5 Å². The molecule has 0 aromatic carbocycles. The molecule has 0 spiro atoms. The third kappa shape index (κ3) is 1.80. The second-order valence-electron chi connectivity index (χ2n) is 2.28. The van der Waals surface area contributed by atoms with Crippen molar-refractivity contribution in [3.05, 3.63) is 24.0 Å². The van der Waals surface area contributed by atoms with Crippen LogP contribution in [0.3, 0.4) is 0 Å². The molecule has 0 saturated heterocycles. The fourth-order valence-electron chi connectivity index (χ4n) is 0.924. The van der Waals surface area contributed by atoms with Gasteiger partial charge in [-0.2, -0.15) is 8.42 Å². The molecule has 4 nitrogen and oxygen atoms in total. The Bertz CT molecular complexity index is 372. The number of pyridine rings is 1. The Labute approximate surface area is 71.0 Å². The average Bonchev–Trinajstić information content (AvgIpc) is 2.03. The van der Waals surface area contributed by atoms with Crippen LogP contribution in [0.1, 0.15) is 12.6 Å². The van der Waals surface area contributed by atoms with Gasteiger partial charge in [0.05, 0.1) is 5.69 Å². The molecule has 12 heavy (non-hydrogen) atoms. The summed E-state index contributed by atoms with van der Waals surface area (Å²) in [5, 5.41) is 0. The maximum absolute atomic E-state index is 10.7. The molecule has 0 unspecified atom stereocenters. The quantitative estimate of drug-likeness (QED) is 0.698. The second-order valence-corrected chi connectivity index (χ2v) is 3.67. The molecule has 0 aliphatic heterocycles. The minimum Gasteiger partial charge on any atom is -0.282 e. The first-order chi connectivity index (χ1) is 5.55. The van der Waals surface area contributed by atoms with Crippen molar-refractivity contribution in [3.8, 4) is 0 Å². The molecule has 1 rings (SSSR count). The fraction of sp³-hybridized carbons (Fsp3) is 0.286. The monoisotopic (exact) mass is 187 g/mol. The predicted octanol–water partition coefficient (Wildman–Crippen LogP) is 0.891. The van der Waals surface area contributed by atoms with Gasteiger partial charge in [0.25, 0.3) is 10.1 Å². The molecule has 0 amide bonds. The van der Waals surface area contributed by atoms with E-state index in [0.29, 0.717) is 12.1 Å². The molecule has 1 heterocycles. The lowest BCUT2D eigenvalue weighted by atomic mass is 10.3. The molecule has 1 N–H and O–H groups in total. The van der Waals surface area contributed by atoms with Crippen molar-refractivity contribution >= 4 is 10.1 Å². The van der Waals surface area contributed by atoms with Crippen LogP contribution in [0.2, 0.25) is 0 Å². The van der Waals surface area contributed by atoms with E-state index in [-0.39, 0.29) is 4.90 Å². The molecule has 1 aromatic heterocycles. The first-order valence-electron chi connectivity index (χ1n) is 3.47. The molecule has 0 atom stereocenters. The highest BCUT2D eigenvalue weighted by Crippen LogP contribution is 2.12. The van der Waals surface area contributed by atoms with Gasteiger partial charge in [-0.05, 0) is 18.6 Å². The minimum absolute atomic E-state index is 0.104. The summed E-state index contributed by atoms with van der Waals surface area (Å²) in [6, 6.07) is 2.81. The van der Waals surface area contributed by atoms with Crippen molar-refractivity contribution in [1.29, 1.82) is 0 Å². The molecule has 5 heteroatoms. The van der Waals surface area contributed by atoms with Crippen LogP contribution in [0, 0.1) is 0 Å². The van der Waals surface area contributed by atoms with Gasteiger partial charge < -0.3 is 0 Å². The lowest BCUT2D eigenvalue weighted by molar-refractivity contribution is 0.481. The second kappa shape index (κ2) is 3.20. The number of hydrogen-bond donors (Lipinski definition) is 1. The summed E-state index contributed by atoms with van der Waals surface area (Å²) in [5.74, 6) is 0. The molecule has 0 saturated carbocycles. The van der Waals surface area contributed by atoms with Gasteiger partial charge in [0.15, 0.2) is 0 Å². The number of aryl methyl sites for hydroxylation is 1. The first-order valence-corrected chi connectivity index (χ1v) is 4.91. The van der Waals surface area contributed by atoms with E-state index < -0.39 is 10.1 Å². The third-order valence-corrected chi connectivity index (χ3v) is 2.39. The van der Waals surface area contributed by atoms with Crippen LogP contribution in [0.15, 0.2) is 23.2 Å². The minimum atomic E-state index is -4.11. The molecular formula is C7H9NO3S. The van der Waals surface area contributed by atoms with Crippen LogP contribution in [-0.4, -0.2) is 18.0 Å². The summed E-state index contributed by atoms with van der Waals surface area (Å²) >= 11 is 0. The lowest BCUT2D eigenvalue weighted by Gasteiger charge is -2.01. The zero-order valence-corrected chi connectivity index (χ0v) is 7.37. The van der Waals surface area contributed by atoms with Gasteiger partial charge in [-0.25, -0.2) is 0 Å². The highest BCUT2D eigenvalue weighted by molar-refractivity contribution is 7.85. The summed E-state index contributed by atoms with van der Waals surface area (Å²) in [4.78, 5) is 3.72. The molecule has 0 fully saturated rings. The van der Waals surface area contributed by atoms with E-state index in [2.05, 4.69) is 4.98 Å². The van der Waals surface area contributed by atoms with E-state index in [9.17, 15) is 8.42 Å². The van der Waals surface area contributed by atoms with E-state index >= 15 is 0 Å². The molecule has 1 aromatic rings. The molecule has 0 radical (unpaired) electrons. The largest absolute Gasteiger partial charge is 0.296 e. The molecule has 66 valence electrons. The summed E-state index contributed by atoms with van der Waals surface area (Å²) in [6.07, 6.45) is 1.98. The van der Waals surface area contributed by atoms with Crippen LogP contribution in [0.4, 0.5) is 0 Å². The van der Waals surface area contributed by atoms with Crippen LogP contribution >= 0.6 is 0 Å². The summed E-state index contributed by atoms with van der Waals surface area (Å²) < 4.78 is 30.2. The Kier molecular flexibility index (Phi) is 2.44. The van der Waals surface area contributed by atoms with Crippen molar-refractivity contribution < 1.29 is 13.0 Å². The van der Waals surface area contributed by atoms with E-state index in [4.69, 9.17) is 4.55 Å². The number of rotatable bonds is 2. The number of aromatic nitrogens is 1. The Hall–Kier alpha value is -0.940. The van der Waals surface area contributed by atoms with E-state index in [0.717, 1.165) is 0 Å². The van der Waals surface area contributed by atoms with Crippen molar-refractivity contribution in [1.82, 2.24) is 4.98 Å². The number of nitrogens with zero attached hydrogens (tertiary/aromatic N) is 1. The van der Waals surface area contributed by atoms with Gasteiger partial charge in [0.2, 0.25) is 0 Å². The van der Waals surface area contributed by atoms with Crippen molar-refractivity contribution in [2.24, 2.45) is 0 Å². The summed E-state index contributed by atoms with van der Waals surface area (Å²) in [5.41, 5.74) is 0.389. The van der Waals surface area contributed by atoms with Crippen molar-refractivity contribution in [3.63, 3.8) is 0 Å². The lowest BCUT2D eigenvalue weighted by Crippen LogP contribution is -2.03. The van der Waals surface area contributed by atoms with E-state index in [1.165, 1.54) is 18.3 Å². The Morgan fingerprint density at radius 1 is 1.58 bits per heavy atom. The van der Waals surface area contributed by atoms with Crippen molar-refractivity contribution in [2.45, 2.75) is 18.2 Å². The molecule has 0 aliphatic rings. The normalized spacial score (nSPS) is 11.5. The zero-order valence-electron chi connectivity index (χ0n) is 6.56. The van der Waals surface area contributed by atoms with Crippen LogP contribution < -0.4 is 0 Å². The topological polar surface area (TPSA) is 67.3 Å². The number of hydrogen-bond acceptors (Lipinski definition) is 3. The standard InChI is InChI=1S/C7H9NO3S/c1-2-6-7(12(9,10)11)4-3-5-8-6/h3-5H,2H2,1H3,(H,9,10,11). The van der Waals surface area contributed by atoms with Crippen LogP contribution in [0.5, 0.6) is 0 Å². The zero-order chi connectivity index (χ0) is 9.19. The smallest absolute Gasteiger partial charge is 0.282 e. The summed E-state index contributed by atoms with van der Waals surface area (Å²) in [7, 11) is -4.11. The van der Waals surface area contributed by atoms with Gasteiger partial charge in [-0.1, -0.05) is 6.92 Å².